The Hall–Kier alpha value is -1.54. The number of hydrogen-bond donors (Lipinski definition) is 2. The summed E-state index contributed by atoms with van der Waals surface area (Å²) in [5.74, 6) is -0.227. The molecule has 1 aromatic carbocycles. The fraction of sp³-hybridized carbons (Fsp3) is 0.467. The number of nitriles is 1. The van der Waals surface area contributed by atoms with Gasteiger partial charge in [0.25, 0.3) is 0 Å². The van der Waals surface area contributed by atoms with Gasteiger partial charge < -0.3 is 10.4 Å². The van der Waals surface area contributed by atoms with Gasteiger partial charge in [-0.15, -0.1) is 0 Å². The van der Waals surface area contributed by atoms with Crippen molar-refractivity contribution in [2.75, 3.05) is 5.32 Å². The van der Waals surface area contributed by atoms with Crippen LogP contribution in [0.15, 0.2) is 22.7 Å². The van der Waals surface area contributed by atoms with Crippen molar-refractivity contribution in [2.24, 2.45) is 5.92 Å². The van der Waals surface area contributed by atoms with E-state index >= 15 is 0 Å². The molecule has 5 heteroatoms. The average Bonchev–Trinajstić information content (AvgIpc) is 2.43. The smallest absolute Gasteiger partial charge is 0.329 e. The van der Waals surface area contributed by atoms with Crippen molar-refractivity contribution < 1.29 is 9.90 Å². The van der Waals surface area contributed by atoms with E-state index in [0.29, 0.717) is 24.3 Å². The summed E-state index contributed by atoms with van der Waals surface area (Å²) in [6.45, 7) is 2.16. The van der Waals surface area contributed by atoms with Crippen LogP contribution in [0.25, 0.3) is 0 Å². The van der Waals surface area contributed by atoms with Crippen LogP contribution >= 0.6 is 15.9 Å². The van der Waals surface area contributed by atoms with Crippen LogP contribution in [0, 0.1) is 17.2 Å². The van der Waals surface area contributed by atoms with Crippen molar-refractivity contribution in [1.29, 1.82) is 5.26 Å². The number of nitrogens with one attached hydrogen (secondary N) is 1. The third-order valence-electron chi connectivity index (χ3n) is 4.01. The number of rotatable bonds is 3. The van der Waals surface area contributed by atoms with Gasteiger partial charge in [-0.3, -0.25) is 0 Å². The number of carboxylic acids is 1. The van der Waals surface area contributed by atoms with Gasteiger partial charge in [0, 0.05) is 10.2 Å². The van der Waals surface area contributed by atoms with E-state index in [1.54, 1.807) is 18.2 Å². The van der Waals surface area contributed by atoms with Gasteiger partial charge in [-0.1, -0.05) is 6.92 Å². The molecule has 0 saturated heterocycles. The lowest BCUT2D eigenvalue weighted by Gasteiger charge is -2.37. The number of benzene rings is 1. The molecule has 0 aromatic heterocycles. The minimum absolute atomic E-state index is 0.545. The highest BCUT2D eigenvalue weighted by molar-refractivity contribution is 9.10. The van der Waals surface area contributed by atoms with Gasteiger partial charge in [-0.25, -0.2) is 4.79 Å². The zero-order valence-electron chi connectivity index (χ0n) is 11.3. The van der Waals surface area contributed by atoms with E-state index in [9.17, 15) is 9.90 Å². The molecule has 0 heterocycles. The standard InChI is InChI=1S/C15H17BrN2O2/c1-10-4-6-15(7-5-10,14(19)20)18-13-3-2-11(9-17)8-12(13)16/h2-3,8,10,18H,4-7H2,1H3,(H,19,20). The normalized spacial score (nSPS) is 25.8. The lowest BCUT2D eigenvalue weighted by Crippen LogP contribution is -2.49. The van der Waals surface area contributed by atoms with E-state index in [1.807, 2.05) is 0 Å². The molecule has 0 unspecified atom stereocenters. The number of carboxylic acid groups (broad SMARTS) is 1. The molecule has 1 saturated carbocycles. The number of carbonyl (C=O) groups is 1. The number of halogens is 1. The van der Waals surface area contributed by atoms with Crippen LogP contribution in [-0.4, -0.2) is 16.6 Å². The summed E-state index contributed by atoms with van der Waals surface area (Å²) < 4.78 is 0.718. The van der Waals surface area contributed by atoms with Crippen molar-refractivity contribution in [3.63, 3.8) is 0 Å². The molecule has 1 aliphatic rings. The Kier molecular flexibility index (Phi) is 4.34. The molecule has 20 heavy (non-hydrogen) atoms. The second-order valence-corrected chi connectivity index (χ2v) is 6.36. The molecule has 1 fully saturated rings. The quantitative estimate of drug-likeness (QED) is 0.881. The molecule has 106 valence electrons. The summed E-state index contributed by atoms with van der Waals surface area (Å²) in [4.78, 5) is 11.7. The van der Waals surface area contributed by atoms with Crippen molar-refractivity contribution >= 4 is 27.6 Å². The van der Waals surface area contributed by atoms with Crippen molar-refractivity contribution in [1.82, 2.24) is 0 Å². The van der Waals surface area contributed by atoms with E-state index in [4.69, 9.17) is 5.26 Å². The summed E-state index contributed by atoms with van der Waals surface area (Å²) in [5, 5.41) is 21.6. The molecule has 0 aliphatic heterocycles. The third kappa shape index (κ3) is 2.96. The minimum atomic E-state index is -0.900. The van der Waals surface area contributed by atoms with Crippen LogP contribution in [0.4, 0.5) is 5.69 Å². The van der Waals surface area contributed by atoms with Crippen LogP contribution in [0.5, 0.6) is 0 Å². The van der Waals surface area contributed by atoms with Gasteiger partial charge in [-0.2, -0.15) is 5.26 Å². The number of aliphatic carboxylic acids is 1. The van der Waals surface area contributed by atoms with Gasteiger partial charge in [0.15, 0.2) is 0 Å². The topological polar surface area (TPSA) is 73.1 Å². The molecule has 4 nitrogen and oxygen atoms in total. The number of hydrogen-bond acceptors (Lipinski definition) is 3. The second kappa shape index (κ2) is 5.84. The average molecular weight is 337 g/mol. The molecule has 1 aliphatic carbocycles. The number of nitrogens with zero attached hydrogens (tertiary/aromatic N) is 1. The molecule has 0 spiro atoms. The first-order chi connectivity index (χ1) is 9.47. The Balaban J connectivity index is 2.25. The van der Waals surface area contributed by atoms with Crippen molar-refractivity contribution in [2.45, 2.75) is 38.1 Å². The van der Waals surface area contributed by atoms with Gasteiger partial charge in [0.05, 0.1) is 11.6 Å². The highest BCUT2D eigenvalue weighted by atomic mass is 79.9. The lowest BCUT2D eigenvalue weighted by atomic mass is 9.77. The molecule has 0 radical (unpaired) electrons. The van der Waals surface area contributed by atoms with Crippen LogP contribution in [0.1, 0.15) is 38.2 Å². The maximum atomic E-state index is 11.7. The van der Waals surface area contributed by atoms with Crippen molar-refractivity contribution in [3.05, 3.63) is 28.2 Å². The first-order valence-electron chi connectivity index (χ1n) is 6.68. The van der Waals surface area contributed by atoms with E-state index in [0.717, 1.165) is 23.0 Å². The fourth-order valence-electron chi connectivity index (χ4n) is 2.59. The third-order valence-corrected chi connectivity index (χ3v) is 4.67. The van der Waals surface area contributed by atoms with E-state index < -0.39 is 11.5 Å². The molecule has 2 rings (SSSR count). The molecule has 1 aromatic rings. The highest BCUT2D eigenvalue weighted by Crippen LogP contribution is 2.36. The zero-order chi connectivity index (χ0) is 14.8. The lowest BCUT2D eigenvalue weighted by molar-refractivity contribution is -0.143. The first-order valence-corrected chi connectivity index (χ1v) is 7.47. The predicted octanol–water partition coefficient (Wildman–Crippen LogP) is 3.77. The summed E-state index contributed by atoms with van der Waals surface area (Å²) in [7, 11) is 0. The minimum Gasteiger partial charge on any atom is -0.480 e. The molecule has 2 N–H and O–H groups in total. The SMILES string of the molecule is CC1CCC(Nc2ccc(C#N)cc2Br)(C(=O)O)CC1. The van der Waals surface area contributed by atoms with Crippen LogP contribution < -0.4 is 5.32 Å². The Morgan fingerprint density at radius 2 is 2.15 bits per heavy atom. The summed E-state index contributed by atoms with van der Waals surface area (Å²) in [6, 6.07) is 7.20. The van der Waals surface area contributed by atoms with Gasteiger partial charge >= 0.3 is 5.97 Å². The highest BCUT2D eigenvalue weighted by Gasteiger charge is 2.41. The molecule has 0 bridgehead atoms. The van der Waals surface area contributed by atoms with Crippen LogP contribution in [0.2, 0.25) is 0 Å². The Bertz CT molecular complexity index is 557. The second-order valence-electron chi connectivity index (χ2n) is 5.50. The maximum absolute atomic E-state index is 11.7. The largest absolute Gasteiger partial charge is 0.480 e. The van der Waals surface area contributed by atoms with Crippen LogP contribution in [-0.2, 0) is 4.79 Å². The summed E-state index contributed by atoms with van der Waals surface area (Å²) >= 11 is 3.39. The van der Waals surface area contributed by atoms with E-state index in [-0.39, 0.29) is 0 Å². The Morgan fingerprint density at radius 3 is 2.65 bits per heavy atom. The zero-order valence-corrected chi connectivity index (χ0v) is 12.9. The van der Waals surface area contributed by atoms with Crippen molar-refractivity contribution in [3.8, 4) is 6.07 Å². The van der Waals surface area contributed by atoms with Gasteiger partial charge in [-0.05, 0) is 65.7 Å². The molecular weight excluding hydrogens is 320 g/mol. The monoisotopic (exact) mass is 336 g/mol. The van der Waals surface area contributed by atoms with Crippen LogP contribution in [0.3, 0.4) is 0 Å². The van der Waals surface area contributed by atoms with Gasteiger partial charge in [0.2, 0.25) is 0 Å². The van der Waals surface area contributed by atoms with Gasteiger partial charge in [0.1, 0.15) is 5.54 Å². The predicted molar refractivity (Wildman–Crippen MR) is 80.5 cm³/mol. The summed E-state index contributed by atoms with van der Waals surface area (Å²) in [5.41, 5.74) is 0.369. The molecule has 0 amide bonds. The number of anilines is 1. The first kappa shape index (κ1) is 14.9. The van der Waals surface area contributed by atoms with E-state index in [2.05, 4.69) is 34.2 Å². The Labute approximate surface area is 126 Å². The Morgan fingerprint density at radius 1 is 1.50 bits per heavy atom. The van der Waals surface area contributed by atoms with E-state index in [1.165, 1.54) is 0 Å². The summed E-state index contributed by atoms with van der Waals surface area (Å²) in [6.07, 6.45) is 3.06. The molecular formula is C15H17BrN2O2. The fourth-order valence-corrected chi connectivity index (χ4v) is 3.07. The molecule has 0 atom stereocenters. The maximum Gasteiger partial charge on any atom is 0.329 e.